The molecule has 5 nitrogen and oxygen atoms in total. The monoisotopic (exact) mass is 302 g/mol. The van der Waals surface area contributed by atoms with E-state index in [9.17, 15) is 14.4 Å². The highest BCUT2D eigenvalue weighted by Gasteiger charge is 2.26. The number of Topliss-reactive ketones (excluding diaryl/α,β-unsaturated/α-hetero) is 1. The zero-order valence-electron chi connectivity index (χ0n) is 12.9. The lowest BCUT2D eigenvalue weighted by Crippen LogP contribution is -2.45. The molecular weight excluding hydrogens is 280 g/mol. The lowest BCUT2D eigenvalue weighted by atomic mass is 9.91. The van der Waals surface area contributed by atoms with Crippen LogP contribution in [0.15, 0.2) is 30.3 Å². The Kier molecular flexibility index (Phi) is 5.69. The summed E-state index contributed by atoms with van der Waals surface area (Å²) in [5, 5.41) is 2.64. The Hall–Kier alpha value is -2.17. The molecule has 1 aromatic rings. The van der Waals surface area contributed by atoms with Crippen LogP contribution in [0, 0.1) is 5.92 Å². The van der Waals surface area contributed by atoms with Gasteiger partial charge in [-0.05, 0) is 25.0 Å². The average Bonchev–Trinajstić information content (AvgIpc) is 2.59. The molecule has 0 aromatic heterocycles. The van der Waals surface area contributed by atoms with Gasteiger partial charge in [-0.1, -0.05) is 25.1 Å². The number of hydrogen-bond acceptors (Lipinski definition) is 3. The van der Waals surface area contributed by atoms with Crippen molar-refractivity contribution in [1.82, 2.24) is 10.2 Å². The number of ketones is 1. The Balaban J connectivity index is 1.77. The molecule has 1 N–H and O–H groups in total. The highest BCUT2D eigenvalue weighted by Crippen LogP contribution is 2.19. The molecule has 22 heavy (non-hydrogen) atoms. The van der Waals surface area contributed by atoms with Crippen LogP contribution in [0.5, 0.6) is 0 Å². The van der Waals surface area contributed by atoms with Crippen molar-refractivity contribution in [3.05, 3.63) is 35.9 Å². The molecular formula is C17H22N2O3. The first-order valence-electron chi connectivity index (χ1n) is 7.75. The first-order valence-corrected chi connectivity index (χ1v) is 7.75. The molecule has 2 amide bonds. The Labute approximate surface area is 130 Å². The molecule has 0 aliphatic carbocycles. The van der Waals surface area contributed by atoms with Gasteiger partial charge >= 0.3 is 0 Å². The molecule has 0 atom stereocenters. The van der Waals surface area contributed by atoms with Gasteiger partial charge in [-0.3, -0.25) is 14.4 Å². The van der Waals surface area contributed by atoms with Crippen LogP contribution in [-0.4, -0.2) is 42.1 Å². The van der Waals surface area contributed by atoms with E-state index >= 15 is 0 Å². The van der Waals surface area contributed by atoms with E-state index in [1.165, 1.54) is 0 Å². The van der Waals surface area contributed by atoms with E-state index in [2.05, 4.69) is 5.32 Å². The summed E-state index contributed by atoms with van der Waals surface area (Å²) in [6.45, 7) is 3.06. The van der Waals surface area contributed by atoms with Crippen molar-refractivity contribution in [2.24, 2.45) is 5.92 Å². The van der Waals surface area contributed by atoms with Gasteiger partial charge < -0.3 is 10.2 Å². The zero-order chi connectivity index (χ0) is 15.9. The minimum Gasteiger partial charge on any atom is -0.343 e. The van der Waals surface area contributed by atoms with Crippen molar-refractivity contribution >= 4 is 17.6 Å². The molecule has 1 saturated heterocycles. The predicted octanol–water partition coefficient (Wildman–Crippen LogP) is 1.63. The van der Waals surface area contributed by atoms with Gasteiger partial charge in [0.05, 0.1) is 6.54 Å². The standard InChI is InChI=1S/C17H22N2O3/c1-2-15(20)13-8-10-19(11-9-13)16(21)12-18-17(22)14-6-4-3-5-7-14/h3-7,13H,2,8-12H2,1H3,(H,18,22). The van der Waals surface area contributed by atoms with Crippen molar-refractivity contribution in [3.63, 3.8) is 0 Å². The third kappa shape index (κ3) is 4.16. The van der Waals surface area contributed by atoms with E-state index in [0.717, 1.165) is 12.8 Å². The summed E-state index contributed by atoms with van der Waals surface area (Å²) in [4.78, 5) is 37.4. The average molecular weight is 302 g/mol. The van der Waals surface area contributed by atoms with Crippen LogP contribution in [0.2, 0.25) is 0 Å². The molecule has 0 radical (unpaired) electrons. The number of nitrogens with one attached hydrogen (secondary N) is 1. The fourth-order valence-electron chi connectivity index (χ4n) is 2.70. The van der Waals surface area contributed by atoms with E-state index in [1.807, 2.05) is 13.0 Å². The number of likely N-dealkylation sites (tertiary alicyclic amines) is 1. The number of carbonyl (C=O) groups is 3. The quantitative estimate of drug-likeness (QED) is 0.899. The maximum absolute atomic E-state index is 12.1. The summed E-state index contributed by atoms with van der Waals surface area (Å²) in [6.07, 6.45) is 2.02. The van der Waals surface area contributed by atoms with Crippen molar-refractivity contribution < 1.29 is 14.4 Å². The largest absolute Gasteiger partial charge is 0.343 e. The molecule has 0 saturated carbocycles. The molecule has 5 heteroatoms. The smallest absolute Gasteiger partial charge is 0.251 e. The fraction of sp³-hybridized carbons (Fsp3) is 0.471. The summed E-state index contributed by atoms with van der Waals surface area (Å²) in [5.41, 5.74) is 0.544. The first-order chi connectivity index (χ1) is 10.6. The third-order valence-corrected chi connectivity index (χ3v) is 4.09. The van der Waals surface area contributed by atoms with Gasteiger partial charge in [0.25, 0.3) is 5.91 Å². The van der Waals surface area contributed by atoms with Crippen LogP contribution in [0.1, 0.15) is 36.5 Å². The van der Waals surface area contributed by atoms with Gasteiger partial charge in [-0.2, -0.15) is 0 Å². The van der Waals surface area contributed by atoms with E-state index in [1.54, 1.807) is 29.2 Å². The molecule has 1 aliphatic rings. The van der Waals surface area contributed by atoms with Gasteiger partial charge in [0, 0.05) is 31.0 Å². The second-order valence-corrected chi connectivity index (χ2v) is 5.52. The Morgan fingerprint density at radius 2 is 1.77 bits per heavy atom. The number of rotatable bonds is 5. The SMILES string of the molecule is CCC(=O)C1CCN(C(=O)CNC(=O)c2ccccc2)CC1. The second-order valence-electron chi connectivity index (χ2n) is 5.52. The molecule has 1 fully saturated rings. The summed E-state index contributed by atoms with van der Waals surface area (Å²) >= 11 is 0. The van der Waals surface area contributed by atoms with Gasteiger partial charge in [-0.15, -0.1) is 0 Å². The highest BCUT2D eigenvalue weighted by atomic mass is 16.2. The number of amides is 2. The highest BCUT2D eigenvalue weighted by molar-refractivity contribution is 5.96. The van der Waals surface area contributed by atoms with Crippen LogP contribution >= 0.6 is 0 Å². The molecule has 0 unspecified atom stereocenters. The maximum Gasteiger partial charge on any atom is 0.251 e. The summed E-state index contributed by atoms with van der Waals surface area (Å²) < 4.78 is 0. The third-order valence-electron chi connectivity index (χ3n) is 4.09. The van der Waals surface area contributed by atoms with Gasteiger partial charge in [0.1, 0.15) is 5.78 Å². The number of benzene rings is 1. The van der Waals surface area contributed by atoms with Crippen LogP contribution < -0.4 is 5.32 Å². The Bertz CT molecular complexity index is 534. The molecule has 0 spiro atoms. The van der Waals surface area contributed by atoms with Gasteiger partial charge in [0.15, 0.2) is 0 Å². The van der Waals surface area contributed by atoms with Crippen molar-refractivity contribution in [1.29, 1.82) is 0 Å². The molecule has 1 heterocycles. The van der Waals surface area contributed by atoms with Gasteiger partial charge in [0.2, 0.25) is 5.91 Å². The Morgan fingerprint density at radius 3 is 2.36 bits per heavy atom. The Morgan fingerprint density at radius 1 is 1.14 bits per heavy atom. The van der Waals surface area contributed by atoms with E-state index in [0.29, 0.717) is 25.1 Å². The number of carbonyl (C=O) groups excluding carboxylic acids is 3. The van der Waals surface area contributed by atoms with Gasteiger partial charge in [-0.25, -0.2) is 0 Å². The maximum atomic E-state index is 12.1. The van der Waals surface area contributed by atoms with Crippen molar-refractivity contribution in [2.75, 3.05) is 19.6 Å². The fourth-order valence-corrected chi connectivity index (χ4v) is 2.70. The van der Waals surface area contributed by atoms with E-state index in [4.69, 9.17) is 0 Å². The van der Waals surface area contributed by atoms with Crippen molar-refractivity contribution in [3.8, 4) is 0 Å². The molecule has 1 aromatic carbocycles. The second kappa shape index (κ2) is 7.73. The molecule has 0 bridgehead atoms. The zero-order valence-corrected chi connectivity index (χ0v) is 12.9. The number of hydrogen-bond donors (Lipinski definition) is 1. The summed E-state index contributed by atoms with van der Waals surface area (Å²) in [6, 6.07) is 8.82. The molecule has 1 aliphatic heterocycles. The minimum absolute atomic E-state index is 0.000118. The topological polar surface area (TPSA) is 66.5 Å². The summed E-state index contributed by atoms with van der Waals surface area (Å²) in [5.74, 6) is 0.0362. The predicted molar refractivity (Wildman–Crippen MR) is 83.4 cm³/mol. The van der Waals surface area contributed by atoms with Crippen molar-refractivity contribution in [2.45, 2.75) is 26.2 Å². The van der Waals surface area contributed by atoms with Crippen LogP contribution in [0.25, 0.3) is 0 Å². The van der Waals surface area contributed by atoms with Crippen LogP contribution in [0.4, 0.5) is 0 Å². The lowest BCUT2D eigenvalue weighted by molar-refractivity contribution is -0.134. The number of piperidine rings is 1. The van der Waals surface area contributed by atoms with E-state index in [-0.39, 0.29) is 30.1 Å². The molecule has 2 rings (SSSR count). The van der Waals surface area contributed by atoms with Crippen LogP contribution in [-0.2, 0) is 9.59 Å². The molecule has 118 valence electrons. The van der Waals surface area contributed by atoms with Crippen LogP contribution in [0.3, 0.4) is 0 Å². The number of nitrogens with zero attached hydrogens (tertiary/aromatic N) is 1. The lowest BCUT2D eigenvalue weighted by Gasteiger charge is -2.31. The summed E-state index contributed by atoms with van der Waals surface area (Å²) in [7, 11) is 0. The normalized spacial score (nSPS) is 15.4. The minimum atomic E-state index is -0.245. The first kappa shape index (κ1) is 16.2. The van der Waals surface area contributed by atoms with E-state index < -0.39 is 0 Å².